The molecular weight excluding hydrogens is 1370 g/mol. The van der Waals surface area contributed by atoms with E-state index in [1.807, 2.05) is 0 Å². The molecule has 8 heteroatoms. The first-order valence-corrected chi connectivity index (χ1v) is 51.6. The first kappa shape index (κ1) is 78.9. The van der Waals surface area contributed by atoms with Gasteiger partial charge < -0.3 is 29.7 Å². The molecule has 0 bridgehead atoms. The zero-order chi connectivity index (χ0) is 62.2. The summed E-state index contributed by atoms with van der Waals surface area (Å²) < 4.78 is 0. The molecule has 484 valence electrons. The molecule has 8 aliphatic carbocycles. The van der Waals surface area contributed by atoms with Crippen molar-refractivity contribution in [2.24, 2.45) is 71.0 Å². The second-order valence-corrected chi connectivity index (χ2v) is 48.3. The van der Waals surface area contributed by atoms with Crippen LogP contribution in [-0.2, 0) is 52.5 Å². The molecule has 0 amide bonds. The Balaban J connectivity index is 0.000000291. The van der Waals surface area contributed by atoms with Crippen molar-refractivity contribution >= 4 is 72.5 Å². The zero-order valence-corrected chi connectivity index (χ0v) is 68.7. The maximum atomic E-state index is 4.93. The van der Waals surface area contributed by atoms with Crippen molar-refractivity contribution in [2.45, 2.75) is 168 Å². The van der Waals surface area contributed by atoms with Crippen molar-refractivity contribution in [3.05, 3.63) is 244 Å². The zero-order valence-electron chi connectivity index (χ0n) is 58.7. The van der Waals surface area contributed by atoms with E-state index in [2.05, 4.69) is 279 Å². The third kappa shape index (κ3) is 16.6. The summed E-state index contributed by atoms with van der Waals surface area (Å²) in [6.07, 6.45) is 35.1. The van der Waals surface area contributed by atoms with E-state index >= 15 is 0 Å². The summed E-state index contributed by atoms with van der Waals surface area (Å²) >= 11 is -1.65. The Morgan fingerprint density at radius 3 is 0.722 bits per heavy atom. The third-order valence-corrected chi connectivity index (χ3v) is 33.6. The van der Waals surface area contributed by atoms with Crippen LogP contribution in [0.1, 0.15) is 139 Å². The van der Waals surface area contributed by atoms with E-state index in [0.29, 0.717) is 47.3 Å². The second-order valence-electron chi connectivity index (χ2n) is 30.9. The molecule has 16 atom stereocenters. The van der Waals surface area contributed by atoms with E-state index in [1.165, 1.54) is 70.2 Å². The second kappa shape index (κ2) is 32.9. The van der Waals surface area contributed by atoms with Crippen molar-refractivity contribution in [3.63, 3.8) is 0 Å². The van der Waals surface area contributed by atoms with E-state index in [0.717, 1.165) is 45.8 Å². The van der Waals surface area contributed by atoms with Crippen molar-refractivity contribution in [3.8, 4) is 0 Å². The van der Waals surface area contributed by atoms with Crippen LogP contribution in [0.2, 0.25) is 48.4 Å². The Hall–Kier alpha value is -1.84. The quantitative estimate of drug-likeness (QED) is 0.122. The summed E-state index contributed by atoms with van der Waals surface area (Å²) in [5, 5.41) is 0. The monoisotopic (exact) mass is 1470 g/mol. The Morgan fingerprint density at radius 2 is 0.533 bits per heavy atom. The number of allylic oxidation sites excluding steroid dienone is 16. The Morgan fingerprint density at radius 1 is 0.344 bits per heavy atom. The number of aryl methyl sites for hydroxylation is 2. The van der Waals surface area contributed by atoms with E-state index < -0.39 is 57.8 Å². The number of hydrogen-bond acceptors (Lipinski definition) is 0. The Kier molecular flexibility index (Phi) is 28.9. The number of rotatable bonds is 8. The van der Waals surface area contributed by atoms with Crippen LogP contribution in [0.5, 0.6) is 0 Å². The van der Waals surface area contributed by atoms with Crippen LogP contribution in [-0.4, -0.2) is 16.1 Å². The van der Waals surface area contributed by atoms with Gasteiger partial charge in [0.25, 0.3) is 0 Å². The summed E-state index contributed by atoms with van der Waals surface area (Å²) in [6, 6.07) is 37.7. The molecule has 8 aliphatic rings. The van der Waals surface area contributed by atoms with E-state index in [1.54, 1.807) is 22.3 Å². The van der Waals surface area contributed by atoms with Gasteiger partial charge in [-0.05, 0) is 199 Å². The van der Waals surface area contributed by atoms with Crippen LogP contribution in [0.15, 0.2) is 170 Å². The van der Waals surface area contributed by atoms with Crippen LogP contribution in [0.3, 0.4) is 0 Å². The fourth-order valence-corrected chi connectivity index (χ4v) is 32.4. The average molecular weight is 1480 g/mol. The Labute approximate surface area is 591 Å². The maximum absolute atomic E-state index is 4.93. The first-order valence-electron chi connectivity index (χ1n) is 32.6. The number of benzene rings is 4. The molecule has 12 rings (SSSR count). The number of fused-ring (bicyclic) bond motifs is 4. The molecular formula is C82H112Cl4Si2Zr2. The van der Waals surface area contributed by atoms with Crippen LogP contribution >= 0.6 is 34.1 Å². The van der Waals surface area contributed by atoms with Gasteiger partial charge in [-0.25, -0.2) is 0 Å². The van der Waals surface area contributed by atoms with Crippen molar-refractivity contribution < 1.29 is 41.7 Å². The predicted octanol–water partition coefficient (Wildman–Crippen LogP) is 26.3. The number of hydrogen-bond donors (Lipinski definition) is 0. The average Bonchev–Trinajstić information content (AvgIpc) is 1.57. The molecule has 0 spiro atoms. The van der Waals surface area contributed by atoms with E-state index in [-0.39, 0.29) is 40.5 Å². The first-order chi connectivity index (χ1) is 40.8. The molecule has 0 N–H and O–H groups in total. The molecule has 0 saturated heterocycles. The van der Waals surface area contributed by atoms with Crippen LogP contribution in [0.4, 0.5) is 0 Å². The predicted molar refractivity (Wildman–Crippen MR) is 403 cm³/mol. The van der Waals surface area contributed by atoms with Gasteiger partial charge in [0, 0.05) is 0 Å². The summed E-state index contributed by atoms with van der Waals surface area (Å²) in [6.45, 7) is 39.8. The molecule has 4 fully saturated rings. The van der Waals surface area contributed by atoms with Gasteiger partial charge in [0.1, 0.15) is 0 Å². The number of halogens is 4. The molecule has 0 nitrogen and oxygen atoms in total. The summed E-state index contributed by atoms with van der Waals surface area (Å²) in [7, 11) is 16.5. The molecule has 0 heterocycles. The van der Waals surface area contributed by atoms with Crippen LogP contribution < -0.4 is 0 Å². The Bertz CT molecular complexity index is 3010. The molecule has 4 aromatic rings. The van der Waals surface area contributed by atoms with E-state index in [9.17, 15) is 0 Å². The van der Waals surface area contributed by atoms with Gasteiger partial charge in [-0.2, -0.15) is 0 Å². The van der Waals surface area contributed by atoms with Gasteiger partial charge in [-0.1, -0.05) is 277 Å². The van der Waals surface area contributed by atoms with Crippen LogP contribution in [0.25, 0.3) is 22.3 Å². The van der Waals surface area contributed by atoms with Gasteiger partial charge in [0.15, 0.2) is 0 Å². The topological polar surface area (TPSA) is 0 Å². The molecule has 0 radical (unpaired) electrons. The fraction of sp³-hybridized carbons (Fsp3) is 0.463. The molecule has 4 aromatic carbocycles. The van der Waals surface area contributed by atoms with Gasteiger partial charge in [0.2, 0.25) is 0 Å². The molecule has 90 heavy (non-hydrogen) atoms. The molecule has 16 unspecified atom stereocenters. The minimum absolute atomic E-state index is 0. The third-order valence-electron chi connectivity index (χ3n) is 22.9. The molecule has 0 aliphatic heterocycles. The van der Waals surface area contributed by atoms with Gasteiger partial charge in [-0.15, -0.1) is 0 Å². The van der Waals surface area contributed by atoms with Gasteiger partial charge in [0.05, 0.1) is 16.1 Å². The van der Waals surface area contributed by atoms with Crippen LogP contribution in [0, 0.1) is 115 Å². The standard InChI is InChI=1S/C42H56Si.C36H44Si.4CH3.4ClH.2Zr/c1-27-25-37-33(29-17-21-31(22-18-29)41(3,4)5)13-11-15-35(37)39(27)43(9,10)40-28(2)26-38-34(14-12-16-36(38)40)30-19-23-32(24-20-30)42(6,7)8;1-23-13-17-27(18-14-23)29-9-7-11-31-33(29)21-25(3)35(31)37(5,6)36-26(4)22-34-30(10-8-12-32(34)36)28-19-15-24(2)16-20-28;;;;;;;;;;/h11-24,27-28,35-40H,25-26H2,1-10H3;7-20,25-26,31-36H,21-22H2,1-6H3;4*1H3;4*1H;;/q;;4*-1;;;;;2*+4/p-4. The van der Waals surface area contributed by atoms with Gasteiger partial charge >= 0.3 is 75.7 Å². The van der Waals surface area contributed by atoms with Crippen molar-refractivity contribution in [2.75, 3.05) is 0 Å². The van der Waals surface area contributed by atoms with Crippen molar-refractivity contribution in [1.82, 2.24) is 0 Å². The minimum atomic E-state index is -1.67. The SMILES string of the molecule is CC1CC2C(c3ccc(C(C)(C)C)cc3)=CC=CC2C1[Si](C)(C)C1C(C)CC2C(c3ccc(C(C)(C)C)cc3)=CC=CC21.Cc1ccc(C2=CC=CC3C2CC(C)C3[Si](C)(C)C2C(C)CC3C(c4ccc(C)cc4)=CC=CC32)cc1.[CH3-].[CH3-].[CH3-].[CH3-].[Cl][Zr+2][Cl].[Cl][Zr+2][Cl]. The fourth-order valence-electron chi connectivity index (χ4n) is 19.8. The van der Waals surface area contributed by atoms with Crippen molar-refractivity contribution in [1.29, 1.82) is 0 Å². The summed E-state index contributed by atoms with van der Waals surface area (Å²) in [5.41, 5.74) is 21.4. The summed E-state index contributed by atoms with van der Waals surface area (Å²) in [5.74, 6) is 8.55. The normalized spacial score (nSPS) is 29.9. The molecule has 0 aromatic heterocycles. The van der Waals surface area contributed by atoms with E-state index in [4.69, 9.17) is 34.1 Å². The molecule has 4 saturated carbocycles. The summed E-state index contributed by atoms with van der Waals surface area (Å²) in [4.78, 5) is 0. The van der Waals surface area contributed by atoms with Gasteiger partial charge in [-0.3, -0.25) is 0 Å².